The van der Waals surface area contributed by atoms with Gasteiger partial charge in [-0.1, -0.05) is 45.2 Å². The van der Waals surface area contributed by atoms with Crippen molar-refractivity contribution in [1.29, 1.82) is 0 Å². The van der Waals surface area contributed by atoms with Crippen LogP contribution in [0.5, 0.6) is 0 Å². The van der Waals surface area contributed by atoms with Gasteiger partial charge in [-0.15, -0.1) is 0 Å². The highest BCUT2D eigenvalue weighted by atomic mass is 31.1. The zero-order valence-electron chi connectivity index (χ0n) is 8.24. The molecular weight excluding hydrogens is 175 g/mol. The zero-order valence-corrected chi connectivity index (χ0v) is 9.13. The molecule has 0 nitrogen and oxygen atoms in total. The first kappa shape index (κ1) is 9.21. The Kier molecular flexibility index (Phi) is 3.01. The first-order valence-electron chi connectivity index (χ1n) is 5.16. The van der Waals surface area contributed by atoms with E-state index in [4.69, 9.17) is 0 Å². The minimum absolute atomic E-state index is 0.207. The average Bonchev–Trinajstić information content (AvgIpc) is 2.20. The van der Waals surface area contributed by atoms with Crippen molar-refractivity contribution in [3.63, 3.8) is 0 Å². The predicted molar refractivity (Wildman–Crippen MR) is 61.1 cm³/mol. The fourth-order valence-corrected chi connectivity index (χ4v) is 4.74. The molecule has 1 heterocycles. The largest absolute Gasteiger partial charge is 0.0753 e. The molecule has 0 saturated carbocycles. The van der Waals surface area contributed by atoms with E-state index >= 15 is 0 Å². The van der Waals surface area contributed by atoms with E-state index in [1.54, 1.807) is 5.30 Å². The van der Waals surface area contributed by atoms with Crippen molar-refractivity contribution >= 4 is 13.2 Å². The van der Waals surface area contributed by atoms with E-state index < -0.39 is 0 Å². The van der Waals surface area contributed by atoms with Crippen LogP contribution < -0.4 is 5.30 Å². The Hall–Kier alpha value is -0.350. The van der Waals surface area contributed by atoms with E-state index in [2.05, 4.69) is 37.3 Å². The summed E-state index contributed by atoms with van der Waals surface area (Å²) in [5, 5.41) is 1.62. The predicted octanol–water partition coefficient (Wildman–Crippen LogP) is 3.22. The van der Waals surface area contributed by atoms with Gasteiger partial charge in [-0.25, -0.2) is 0 Å². The van der Waals surface area contributed by atoms with Crippen LogP contribution in [-0.4, -0.2) is 12.3 Å². The standard InChI is InChI=1S/C12H17P/c1-11-7-9-13(10-8-11)12-5-3-2-4-6-12/h2-6,11H,7-10H2,1H3. The van der Waals surface area contributed by atoms with Gasteiger partial charge in [-0.05, 0) is 36.4 Å². The second-order valence-electron chi connectivity index (χ2n) is 4.01. The number of benzene rings is 1. The average molecular weight is 192 g/mol. The number of hydrogen-bond acceptors (Lipinski definition) is 0. The lowest BCUT2D eigenvalue weighted by atomic mass is 10.1. The van der Waals surface area contributed by atoms with E-state index in [-0.39, 0.29) is 7.92 Å². The molecule has 1 aliphatic rings. The summed E-state index contributed by atoms with van der Waals surface area (Å²) in [4.78, 5) is 0. The second kappa shape index (κ2) is 4.24. The molecule has 1 saturated heterocycles. The van der Waals surface area contributed by atoms with Gasteiger partial charge >= 0.3 is 0 Å². The molecule has 1 heteroatoms. The van der Waals surface area contributed by atoms with Crippen molar-refractivity contribution in [2.24, 2.45) is 5.92 Å². The summed E-state index contributed by atoms with van der Waals surface area (Å²) in [5.74, 6) is 0.975. The van der Waals surface area contributed by atoms with Gasteiger partial charge in [0.05, 0.1) is 0 Å². The number of hydrogen-bond donors (Lipinski definition) is 0. The maximum absolute atomic E-state index is 2.39. The monoisotopic (exact) mass is 192 g/mol. The van der Waals surface area contributed by atoms with Crippen LogP contribution in [0.3, 0.4) is 0 Å². The molecule has 0 spiro atoms. The SMILES string of the molecule is CC1CCP(c2ccccc2)CC1. The summed E-state index contributed by atoms with van der Waals surface area (Å²) in [6.07, 6.45) is 5.81. The summed E-state index contributed by atoms with van der Waals surface area (Å²) >= 11 is 0. The lowest BCUT2D eigenvalue weighted by Gasteiger charge is -2.26. The van der Waals surface area contributed by atoms with Crippen molar-refractivity contribution in [3.8, 4) is 0 Å². The third kappa shape index (κ3) is 2.31. The molecule has 1 aliphatic heterocycles. The van der Waals surface area contributed by atoms with E-state index in [1.165, 1.54) is 25.2 Å². The van der Waals surface area contributed by atoms with Gasteiger partial charge in [-0.3, -0.25) is 0 Å². The highest BCUT2D eigenvalue weighted by molar-refractivity contribution is 7.65. The van der Waals surface area contributed by atoms with Crippen molar-refractivity contribution in [1.82, 2.24) is 0 Å². The molecule has 1 fully saturated rings. The van der Waals surface area contributed by atoms with Gasteiger partial charge in [0.25, 0.3) is 0 Å². The Morgan fingerprint density at radius 1 is 1.08 bits per heavy atom. The van der Waals surface area contributed by atoms with Crippen LogP contribution in [0.25, 0.3) is 0 Å². The highest BCUT2D eigenvalue weighted by Gasteiger charge is 2.18. The van der Waals surface area contributed by atoms with Gasteiger partial charge < -0.3 is 0 Å². The third-order valence-electron chi connectivity index (χ3n) is 2.90. The van der Waals surface area contributed by atoms with Crippen LogP contribution in [0.1, 0.15) is 19.8 Å². The van der Waals surface area contributed by atoms with Crippen molar-refractivity contribution < 1.29 is 0 Å². The smallest absolute Gasteiger partial charge is 0.0240 e. The van der Waals surface area contributed by atoms with Crippen LogP contribution in [0.2, 0.25) is 0 Å². The third-order valence-corrected chi connectivity index (χ3v) is 5.53. The molecule has 0 amide bonds. The summed E-state index contributed by atoms with van der Waals surface area (Å²) in [5.41, 5.74) is 0. The van der Waals surface area contributed by atoms with E-state index in [0.717, 1.165) is 5.92 Å². The molecule has 13 heavy (non-hydrogen) atoms. The Morgan fingerprint density at radius 3 is 2.31 bits per heavy atom. The molecule has 0 radical (unpaired) electrons. The fourth-order valence-electron chi connectivity index (χ4n) is 1.91. The van der Waals surface area contributed by atoms with E-state index in [0.29, 0.717) is 0 Å². The first-order valence-corrected chi connectivity index (χ1v) is 6.87. The molecule has 0 aliphatic carbocycles. The Balaban J connectivity index is 2.03. The maximum Gasteiger partial charge on any atom is -0.0240 e. The summed E-state index contributed by atoms with van der Waals surface area (Å²) in [6, 6.07) is 11.1. The minimum atomic E-state index is 0.207. The Morgan fingerprint density at radius 2 is 1.69 bits per heavy atom. The van der Waals surface area contributed by atoms with Crippen LogP contribution in [0, 0.1) is 5.92 Å². The van der Waals surface area contributed by atoms with Crippen molar-refractivity contribution in [3.05, 3.63) is 30.3 Å². The lowest BCUT2D eigenvalue weighted by molar-refractivity contribution is 0.536. The summed E-state index contributed by atoms with van der Waals surface area (Å²) in [7, 11) is 0.207. The Labute approximate surface area is 82.1 Å². The molecule has 70 valence electrons. The van der Waals surface area contributed by atoms with Crippen molar-refractivity contribution in [2.75, 3.05) is 12.3 Å². The molecule has 0 N–H and O–H groups in total. The van der Waals surface area contributed by atoms with Gasteiger partial charge in [0, 0.05) is 0 Å². The second-order valence-corrected chi connectivity index (χ2v) is 6.50. The molecule has 1 aromatic carbocycles. The molecule has 0 atom stereocenters. The fraction of sp³-hybridized carbons (Fsp3) is 0.500. The van der Waals surface area contributed by atoms with Crippen LogP contribution in [-0.2, 0) is 0 Å². The molecule has 0 bridgehead atoms. The molecule has 0 aromatic heterocycles. The lowest BCUT2D eigenvalue weighted by Crippen LogP contribution is -2.14. The van der Waals surface area contributed by atoms with Gasteiger partial charge in [0.15, 0.2) is 0 Å². The van der Waals surface area contributed by atoms with Crippen LogP contribution >= 0.6 is 7.92 Å². The van der Waals surface area contributed by atoms with Gasteiger partial charge in [0.1, 0.15) is 0 Å². The van der Waals surface area contributed by atoms with Crippen LogP contribution in [0.4, 0.5) is 0 Å². The quantitative estimate of drug-likeness (QED) is 0.599. The van der Waals surface area contributed by atoms with E-state index in [9.17, 15) is 0 Å². The van der Waals surface area contributed by atoms with E-state index in [1.807, 2.05) is 0 Å². The first-order chi connectivity index (χ1) is 6.36. The van der Waals surface area contributed by atoms with Gasteiger partial charge in [-0.2, -0.15) is 0 Å². The minimum Gasteiger partial charge on any atom is -0.0753 e. The Bertz CT molecular complexity index is 247. The highest BCUT2D eigenvalue weighted by Crippen LogP contribution is 2.42. The zero-order chi connectivity index (χ0) is 9.10. The summed E-state index contributed by atoms with van der Waals surface area (Å²) in [6.45, 7) is 2.39. The molecule has 2 rings (SSSR count). The molecule has 1 aromatic rings. The number of rotatable bonds is 1. The van der Waals surface area contributed by atoms with Crippen molar-refractivity contribution in [2.45, 2.75) is 19.8 Å². The maximum atomic E-state index is 2.39. The van der Waals surface area contributed by atoms with Gasteiger partial charge in [0.2, 0.25) is 0 Å². The normalized spacial score (nSPS) is 28.7. The topological polar surface area (TPSA) is 0 Å². The molecule has 0 unspecified atom stereocenters. The summed E-state index contributed by atoms with van der Waals surface area (Å²) < 4.78 is 0. The van der Waals surface area contributed by atoms with Crippen LogP contribution in [0.15, 0.2) is 30.3 Å². The molecular formula is C12H17P.